The van der Waals surface area contributed by atoms with Gasteiger partial charge in [-0.3, -0.25) is 4.79 Å². The van der Waals surface area contributed by atoms with E-state index in [-0.39, 0.29) is 18.2 Å². The van der Waals surface area contributed by atoms with E-state index in [0.29, 0.717) is 17.8 Å². The fourth-order valence-electron chi connectivity index (χ4n) is 2.73. The molecule has 0 aliphatic carbocycles. The van der Waals surface area contributed by atoms with Crippen molar-refractivity contribution in [2.45, 2.75) is 38.1 Å². The van der Waals surface area contributed by atoms with Crippen LogP contribution in [-0.2, 0) is 11.2 Å². The molecule has 22 heavy (non-hydrogen) atoms. The predicted octanol–water partition coefficient (Wildman–Crippen LogP) is 2.11. The van der Waals surface area contributed by atoms with Gasteiger partial charge in [-0.1, -0.05) is 23.4 Å². The molecule has 0 radical (unpaired) electrons. The zero-order chi connectivity index (χ0) is 15.4. The Kier molecular flexibility index (Phi) is 4.48. The van der Waals surface area contributed by atoms with Gasteiger partial charge >= 0.3 is 0 Å². The smallest absolute Gasteiger partial charge is 0.232 e. The van der Waals surface area contributed by atoms with Crippen molar-refractivity contribution in [2.24, 2.45) is 0 Å². The van der Waals surface area contributed by atoms with Gasteiger partial charge in [0, 0.05) is 17.6 Å². The topological polar surface area (TPSA) is 80.1 Å². The number of hydrogen-bond acceptors (Lipinski definition) is 5. The Labute approximate surface area is 129 Å². The summed E-state index contributed by atoms with van der Waals surface area (Å²) in [5.74, 6) is 1.23. The molecule has 0 bridgehead atoms. The molecule has 1 saturated heterocycles. The Morgan fingerprint density at radius 2 is 2.23 bits per heavy atom. The number of hydrogen-bond donors (Lipinski definition) is 2. The van der Waals surface area contributed by atoms with Gasteiger partial charge in [0.25, 0.3) is 0 Å². The second kappa shape index (κ2) is 6.70. The van der Waals surface area contributed by atoms with Crippen molar-refractivity contribution < 1.29 is 9.32 Å². The van der Waals surface area contributed by atoms with E-state index in [2.05, 4.69) is 27.7 Å². The zero-order valence-corrected chi connectivity index (χ0v) is 12.6. The number of rotatable bonds is 4. The first kappa shape index (κ1) is 14.7. The third-order valence-corrected chi connectivity index (χ3v) is 3.83. The van der Waals surface area contributed by atoms with Gasteiger partial charge in [0.1, 0.15) is 0 Å². The Hall–Kier alpha value is -2.21. The number of benzene rings is 1. The minimum Gasteiger partial charge on any atom is -0.339 e. The lowest BCUT2D eigenvalue weighted by Gasteiger charge is -2.25. The normalized spacial score (nSPS) is 21.5. The fraction of sp³-hybridized carbons (Fsp3) is 0.438. The Bertz CT molecular complexity index is 626. The summed E-state index contributed by atoms with van der Waals surface area (Å²) in [6.07, 6.45) is 2.10. The molecule has 6 nitrogen and oxygen atoms in total. The molecule has 2 aromatic rings. The van der Waals surface area contributed by atoms with Crippen LogP contribution in [0.25, 0.3) is 0 Å². The number of piperidine rings is 1. The van der Waals surface area contributed by atoms with Gasteiger partial charge in [0.15, 0.2) is 5.82 Å². The third-order valence-electron chi connectivity index (χ3n) is 3.83. The van der Waals surface area contributed by atoms with E-state index >= 15 is 0 Å². The molecular weight excluding hydrogens is 280 g/mol. The van der Waals surface area contributed by atoms with Crippen molar-refractivity contribution in [1.29, 1.82) is 0 Å². The van der Waals surface area contributed by atoms with E-state index in [1.165, 1.54) is 0 Å². The van der Waals surface area contributed by atoms with Crippen LogP contribution < -0.4 is 10.6 Å². The van der Waals surface area contributed by atoms with Gasteiger partial charge in [-0.05, 0) is 38.4 Å². The van der Waals surface area contributed by atoms with Crippen LogP contribution in [0.2, 0.25) is 0 Å². The minimum atomic E-state index is -0.141. The lowest BCUT2D eigenvalue weighted by atomic mass is 9.93. The lowest BCUT2D eigenvalue weighted by Crippen LogP contribution is -2.34. The van der Waals surface area contributed by atoms with Crippen molar-refractivity contribution in [3.63, 3.8) is 0 Å². The fourth-order valence-corrected chi connectivity index (χ4v) is 2.73. The minimum absolute atomic E-state index is 0.124. The third kappa shape index (κ3) is 3.71. The molecule has 2 N–H and O–H groups in total. The van der Waals surface area contributed by atoms with Crippen LogP contribution in [0.15, 0.2) is 34.9 Å². The summed E-state index contributed by atoms with van der Waals surface area (Å²) in [5.41, 5.74) is 0.767. The van der Waals surface area contributed by atoms with Gasteiger partial charge in [-0.25, -0.2) is 0 Å². The van der Waals surface area contributed by atoms with Crippen LogP contribution in [0.5, 0.6) is 0 Å². The highest BCUT2D eigenvalue weighted by Crippen LogP contribution is 2.26. The summed E-state index contributed by atoms with van der Waals surface area (Å²) >= 11 is 0. The van der Waals surface area contributed by atoms with E-state index in [4.69, 9.17) is 4.52 Å². The number of carbonyl (C=O) groups excluding carboxylic acids is 1. The SMILES string of the molecule is C[C@H]1C[C@@H](c2nc(CC(=O)Nc3ccccc3)no2)CCN1. The van der Waals surface area contributed by atoms with Crippen LogP contribution in [0, 0.1) is 0 Å². The number of para-hydroxylation sites is 1. The predicted molar refractivity (Wildman–Crippen MR) is 82.5 cm³/mol. The van der Waals surface area contributed by atoms with E-state index in [9.17, 15) is 4.79 Å². The molecular formula is C16H20N4O2. The van der Waals surface area contributed by atoms with Crippen molar-refractivity contribution in [2.75, 3.05) is 11.9 Å². The van der Waals surface area contributed by atoms with Crippen LogP contribution in [0.4, 0.5) is 5.69 Å². The van der Waals surface area contributed by atoms with Crippen molar-refractivity contribution in [1.82, 2.24) is 15.5 Å². The van der Waals surface area contributed by atoms with E-state index in [1.54, 1.807) is 0 Å². The lowest BCUT2D eigenvalue weighted by molar-refractivity contribution is -0.115. The molecule has 1 aromatic carbocycles. The van der Waals surface area contributed by atoms with E-state index in [0.717, 1.165) is 25.1 Å². The highest BCUT2D eigenvalue weighted by atomic mass is 16.5. The quantitative estimate of drug-likeness (QED) is 0.904. The molecule has 1 fully saturated rings. The van der Waals surface area contributed by atoms with Crippen LogP contribution in [0.1, 0.15) is 37.4 Å². The van der Waals surface area contributed by atoms with Crippen molar-refractivity contribution in [3.05, 3.63) is 42.0 Å². The van der Waals surface area contributed by atoms with Crippen LogP contribution in [-0.4, -0.2) is 28.6 Å². The standard InChI is InChI=1S/C16H20N4O2/c1-11-9-12(7-8-17-11)16-19-14(20-22-16)10-15(21)18-13-5-3-2-4-6-13/h2-6,11-12,17H,7-10H2,1H3,(H,18,21)/t11-,12-/m0/s1. The van der Waals surface area contributed by atoms with Gasteiger partial charge in [-0.15, -0.1) is 0 Å². The van der Waals surface area contributed by atoms with Crippen LogP contribution in [0.3, 0.4) is 0 Å². The average Bonchev–Trinajstić information content (AvgIpc) is 2.96. The summed E-state index contributed by atoms with van der Waals surface area (Å²) in [4.78, 5) is 16.4. The second-order valence-corrected chi connectivity index (χ2v) is 5.72. The number of anilines is 1. The molecule has 0 spiro atoms. The summed E-state index contributed by atoms with van der Waals surface area (Å²) in [7, 11) is 0. The van der Waals surface area contributed by atoms with E-state index in [1.807, 2.05) is 30.3 Å². The number of aromatic nitrogens is 2. The first-order valence-corrected chi connectivity index (χ1v) is 7.61. The molecule has 1 aliphatic heterocycles. The molecule has 0 unspecified atom stereocenters. The second-order valence-electron chi connectivity index (χ2n) is 5.72. The van der Waals surface area contributed by atoms with Crippen molar-refractivity contribution in [3.8, 4) is 0 Å². The molecule has 3 rings (SSSR count). The maximum absolute atomic E-state index is 12.0. The largest absolute Gasteiger partial charge is 0.339 e. The van der Waals surface area contributed by atoms with Gasteiger partial charge in [0.2, 0.25) is 11.8 Å². The Morgan fingerprint density at radius 3 is 3.00 bits per heavy atom. The van der Waals surface area contributed by atoms with Gasteiger partial charge < -0.3 is 15.2 Å². The zero-order valence-electron chi connectivity index (χ0n) is 12.6. The number of nitrogens with zero attached hydrogens (tertiary/aromatic N) is 2. The summed E-state index contributed by atoms with van der Waals surface area (Å²) in [6.45, 7) is 3.11. The van der Waals surface area contributed by atoms with Crippen LogP contribution >= 0.6 is 0 Å². The highest BCUT2D eigenvalue weighted by Gasteiger charge is 2.25. The molecule has 0 saturated carbocycles. The number of carbonyl (C=O) groups is 1. The van der Waals surface area contributed by atoms with Gasteiger partial charge in [0.05, 0.1) is 6.42 Å². The molecule has 1 amide bonds. The van der Waals surface area contributed by atoms with E-state index < -0.39 is 0 Å². The molecule has 1 aliphatic rings. The molecule has 1 aromatic heterocycles. The maximum atomic E-state index is 12.0. The maximum Gasteiger partial charge on any atom is 0.232 e. The number of nitrogens with one attached hydrogen (secondary N) is 2. The Morgan fingerprint density at radius 1 is 1.41 bits per heavy atom. The van der Waals surface area contributed by atoms with Crippen molar-refractivity contribution >= 4 is 11.6 Å². The molecule has 116 valence electrons. The Balaban J connectivity index is 1.58. The summed E-state index contributed by atoms with van der Waals surface area (Å²) in [5, 5.41) is 10.1. The monoisotopic (exact) mass is 300 g/mol. The molecule has 6 heteroatoms. The summed E-state index contributed by atoms with van der Waals surface area (Å²) < 4.78 is 5.33. The first-order chi connectivity index (χ1) is 10.7. The highest BCUT2D eigenvalue weighted by molar-refractivity contribution is 5.91. The first-order valence-electron chi connectivity index (χ1n) is 7.61. The molecule has 2 atom stereocenters. The van der Waals surface area contributed by atoms with Gasteiger partial charge in [-0.2, -0.15) is 4.98 Å². The molecule has 2 heterocycles. The average molecular weight is 300 g/mol. The summed E-state index contributed by atoms with van der Waals surface area (Å²) in [6, 6.07) is 9.80. The number of amides is 1.